The van der Waals surface area contributed by atoms with E-state index >= 15 is 4.39 Å². The summed E-state index contributed by atoms with van der Waals surface area (Å²) >= 11 is 0. The molecule has 0 spiro atoms. The number of alkyl halides is 4. The Morgan fingerprint density at radius 2 is 1.57 bits per heavy atom. The topological polar surface area (TPSA) is 75.1 Å². The fourth-order valence-corrected chi connectivity index (χ4v) is 3.75. The highest BCUT2D eigenvalue weighted by Crippen LogP contribution is 2.66. The molecule has 1 aliphatic rings. The van der Waals surface area contributed by atoms with Crippen molar-refractivity contribution in [1.29, 1.82) is 0 Å². The number of carbonyl (C=O) groups is 1. The molecule has 9 heteroatoms. The van der Waals surface area contributed by atoms with Crippen molar-refractivity contribution in [3.8, 4) is 11.4 Å². The lowest BCUT2D eigenvalue weighted by Gasteiger charge is -2.08. The summed E-state index contributed by atoms with van der Waals surface area (Å²) in [4.78, 5) is 19.4. The summed E-state index contributed by atoms with van der Waals surface area (Å²) in [6.07, 6.45) is -3.58. The maximum absolute atomic E-state index is 15.5. The molecule has 2 N–H and O–H groups in total. The molecule has 4 rings (SSSR count). The molecule has 0 radical (unpaired) electrons. The third kappa shape index (κ3) is 3.30. The van der Waals surface area contributed by atoms with Gasteiger partial charge in [-0.25, -0.2) is 19.8 Å². The van der Waals surface area contributed by atoms with Crippen LogP contribution in [0, 0.1) is 0 Å². The third-order valence-corrected chi connectivity index (χ3v) is 5.21. The van der Waals surface area contributed by atoms with Gasteiger partial charge in [-0.15, -0.1) is 0 Å². The molecule has 5 nitrogen and oxygen atoms in total. The van der Waals surface area contributed by atoms with E-state index in [1.165, 1.54) is 29.7 Å². The second-order valence-corrected chi connectivity index (χ2v) is 6.96. The third-order valence-electron chi connectivity index (χ3n) is 5.21. The number of halogens is 4. The Bertz CT molecular complexity index is 1070. The minimum absolute atomic E-state index is 0.119. The number of nitrogens with one attached hydrogen (secondary N) is 1. The van der Waals surface area contributed by atoms with Crippen molar-refractivity contribution in [2.75, 3.05) is 0 Å². The molecular weight excluding hydrogens is 402 g/mol. The average molecular weight is 417 g/mol. The number of rotatable bonds is 4. The van der Waals surface area contributed by atoms with Crippen molar-refractivity contribution in [2.45, 2.75) is 23.7 Å². The molecule has 0 aliphatic heterocycles. The Morgan fingerprint density at radius 1 is 0.967 bits per heavy atom. The Hall–Kier alpha value is -3.33. The summed E-state index contributed by atoms with van der Waals surface area (Å²) in [6.45, 7) is 0. The van der Waals surface area contributed by atoms with Crippen molar-refractivity contribution in [2.24, 2.45) is 0 Å². The summed E-state index contributed by atoms with van der Waals surface area (Å²) in [6, 6.07) is 15.3. The monoisotopic (exact) mass is 417 g/mol. The number of hydrogen-bond donors (Lipinski definition) is 2. The number of nitrogens with zero attached hydrogens (tertiary/aromatic N) is 2. The molecule has 3 aromatic rings. The Balaban J connectivity index is 1.66. The normalized spacial score (nSPS) is 23.1. The largest absolute Gasteiger partial charge is 0.433 e. The van der Waals surface area contributed by atoms with Gasteiger partial charge in [-0.05, 0) is 17.2 Å². The lowest BCUT2D eigenvalue weighted by Crippen LogP contribution is -2.33. The molecule has 0 unspecified atom stereocenters. The van der Waals surface area contributed by atoms with Crippen LogP contribution in [0.1, 0.15) is 28.7 Å². The maximum Gasteiger partial charge on any atom is 0.433 e. The number of benzene rings is 2. The fraction of sp³-hybridized carbons (Fsp3) is 0.190. The summed E-state index contributed by atoms with van der Waals surface area (Å²) < 4.78 is 54.1. The van der Waals surface area contributed by atoms with Gasteiger partial charge in [-0.1, -0.05) is 54.6 Å². The van der Waals surface area contributed by atoms with Crippen LogP contribution in [-0.2, 0) is 11.0 Å². The number of amides is 1. The summed E-state index contributed by atoms with van der Waals surface area (Å²) in [5.41, 5.74) is -0.646. The van der Waals surface area contributed by atoms with E-state index in [-0.39, 0.29) is 5.82 Å². The van der Waals surface area contributed by atoms with Crippen molar-refractivity contribution < 1.29 is 27.6 Å². The van der Waals surface area contributed by atoms with Gasteiger partial charge in [-0.3, -0.25) is 10.0 Å². The van der Waals surface area contributed by atoms with E-state index in [9.17, 15) is 18.0 Å². The summed E-state index contributed by atoms with van der Waals surface area (Å²) in [5.74, 6) is -2.93. The highest BCUT2D eigenvalue weighted by Gasteiger charge is 2.72. The molecule has 0 saturated heterocycles. The first-order chi connectivity index (χ1) is 14.3. The second kappa shape index (κ2) is 7.17. The zero-order chi connectivity index (χ0) is 21.5. The zero-order valence-corrected chi connectivity index (χ0v) is 15.3. The van der Waals surface area contributed by atoms with Crippen LogP contribution in [0.3, 0.4) is 0 Å². The van der Waals surface area contributed by atoms with Gasteiger partial charge in [0, 0.05) is 23.6 Å². The van der Waals surface area contributed by atoms with Crippen LogP contribution in [0.5, 0.6) is 0 Å². The maximum atomic E-state index is 15.5. The predicted molar refractivity (Wildman–Crippen MR) is 98.2 cm³/mol. The first-order valence-electron chi connectivity index (χ1n) is 8.95. The van der Waals surface area contributed by atoms with E-state index < -0.39 is 35.3 Å². The van der Waals surface area contributed by atoms with Crippen molar-refractivity contribution in [1.82, 2.24) is 15.4 Å². The van der Waals surface area contributed by atoms with E-state index in [0.29, 0.717) is 16.7 Å². The highest BCUT2D eigenvalue weighted by atomic mass is 19.4. The number of aromatic nitrogens is 2. The van der Waals surface area contributed by atoms with E-state index in [1.807, 2.05) is 0 Å². The van der Waals surface area contributed by atoms with Crippen LogP contribution >= 0.6 is 0 Å². The van der Waals surface area contributed by atoms with Crippen LogP contribution in [0.25, 0.3) is 11.4 Å². The van der Waals surface area contributed by atoms with Crippen molar-refractivity contribution >= 4 is 5.91 Å². The van der Waals surface area contributed by atoms with E-state index in [4.69, 9.17) is 5.21 Å². The van der Waals surface area contributed by atoms with Crippen LogP contribution < -0.4 is 5.48 Å². The molecule has 1 fully saturated rings. The van der Waals surface area contributed by atoms with Gasteiger partial charge in [0.05, 0.1) is 0 Å². The minimum Gasteiger partial charge on any atom is -0.289 e. The van der Waals surface area contributed by atoms with Gasteiger partial charge in [0.2, 0.25) is 5.67 Å². The molecule has 1 saturated carbocycles. The predicted octanol–water partition coefficient (Wildman–Crippen LogP) is 4.26. The Morgan fingerprint density at radius 3 is 2.13 bits per heavy atom. The zero-order valence-electron chi connectivity index (χ0n) is 15.3. The van der Waals surface area contributed by atoms with E-state index in [1.54, 1.807) is 30.3 Å². The quantitative estimate of drug-likeness (QED) is 0.378. The number of carbonyl (C=O) groups excluding carboxylic acids is 1. The van der Waals surface area contributed by atoms with Crippen LogP contribution in [0.15, 0.2) is 66.9 Å². The van der Waals surface area contributed by atoms with Gasteiger partial charge < -0.3 is 0 Å². The van der Waals surface area contributed by atoms with Crippen LogP contribution in [0.2, 0.25) is 0 Å². The summed E-state index contributed by atoms with van der Waals surface area (Å²) in [7, 11) is 0. The first kappa shape index (κ1) is 20.0. The molecule has 30 heavy (non-hydrogen) atoms. The molecule has 3 atom stereocenters. The fourth-order valence-electron chi connectivity index (χ4n) is 3.75. The lowest BCUT2D eigenvalue weighted by atomic mass is 10.0. The summed E-state index contributed by atoms with van der Waals surface area (Å²) in [5, 5.41) is 8.98. The number of hydroxylamine groups is 1. The van der Waals surface area contributed by atoms with Gasteiger partial charge in [0.25, 0.3) is 5.91 Å². The molecule has 0 bridgehead atoms. The lowest BCUT2D eigenvalue weighted by molar-refractivity contribution is -0.141. The van der Waals surface area contributed by atoms with Crippen molar-refractivity contribution in [3.63, 3.8) is 0 Å². The standard InChI is InChI=1S/C21H15F4N3O2/c22-20(19(29)28-30)16(12-4-2-1-3-5-12)17(20)13-6-8-14(9-7-13)18-26-11-10-15(27-18)21(23,24)25/h1-11,16-17,30H,(H,28,29)/t16-,17-,20+/m0/s1. The van der Waals surface area contributed by atoms with Gasteiger partial charge in [-0.2, -0.15) is 13.2 Å². The molecular formula is C21H15F4N3O2. The molecule has 154 valence electrons. The van der Waals surface area contributed by atoms with Gasteiger partial charge >= 0.3 is 6.18 Å². The smallest absolute Gasteiger partial charge is 0.289 e. The SMILES string of the molecule is O=C(NO)[C@@]1(F)[C@@H](c2ccccc2)[C@@H]1c1ccc(-c2nccc(C(F)(F)F)n2)cc1. The Labute approximate surface area is 168 Å². The Kier molecular flexibility index (Phi) is 4.77. The first-order valence-corrected chi connectivity index (χ1v) is 8.95. The van der Waals surface area contributed by atoms with Crippen molar-refractivity contribution in [3.05, 3.63) is 83.7 Å². The molecule has 1 aliphatic carbocycles. The van der Waals surface area contributed by atoms with Gasteiger partial charge in [0.1, 0.15) is 5.69 Å². The van der Waals surface area contributed by atoms with Gasteiger partial charge in [0.15, 0.2) is 5.82 Å². The highest BCUT2D eigenvalue weighted by molar-refractivity contribution is 5.92. The van der Waals surface area contributed by atoms with E-state index in [2.05, 4.69) is 9.97 Å². The molecule has 1 amide bonds. The average Bonchev–Trinajstić information content (AvgIpc) is 3.40. The van der Waals surface area contributed by atoms with Crippen LogP contribution in [-0.4, -0.2) is 26.8 Å². The second-order valence-electron chi connectivity index (χ2n) is 6.96. The number of hydrogen-bond acceptors (Lipinski definition) is 4. The van der Waals surface area contributed by atoms with E-state index in [0.717, 1.165) is 12.3 Å². The molecule has 1 aromatic heterocycles. The molecule has 1 heterocycles. The molecule has 2 aromatic carbocycles. The van der Waals surface area contributed by atoms with Crippen LogP contribution in [0.4, 0.5) is 17.6 Å². The minimum atomic E-state index is -4.60.